The van der Waals surface area contributed by atoms with Crippen molar-refractivity contribution in [2.24, 2.45) is 5.92 Å². The van der Waals surface area contributed by atoms with Crippen molar-refractivity contribution in [2.45, 2.75) is 18.6 Å². The number of hydrogen-bond donors (Lipinski definition) is 2. The molecule has 2 unspecified atom stereocenters. The molecule has 3 rings (SSSR count). The van der Waals surface area contributed by atoms with E-state index in [4.69, 9.17) is 5.11 Å². The first-order chi connectivity index (χ1) is 11.0. The molecule has 1 aliphatic rings. The van der Waals surface area contributed by atoms with Gasteiger partial charge in [-0.1, -0.05) is 12.1 Å². The molecule has 0 radical (unpaired) electrons. The van der Waals surface area contributed by atoms with Gasteiger partial charge in [0.05, 0.1) is 28.0 Å². The van der Waals surface area contributed by atoms with Gasteiger partial charge in [0.2, 0.25) is 5.91 Å². The Morgan fingerprint density at radius 3 is 2.96 bits per heavy atom. The number of carboxylic acids is 1. The summed E-state index contributed by atoms with van der Waals surface area (Å²) in [6, 6.07) is 7.83. The van der Waals surface area contributed by atoms with Gasteiger partial charge >= 0.3 is 5.97 Å². The molecule has 7 heteroatoms. The fourth-order valence-corrected chi connectivity index (χ4v) is 3.56. The Balaban J connectivity index is 1.55. The maximum atomic E-state index is 12.2. The summed E-state index contributed by atoms with van der Waals surface area (Å²) in [5.74, 6) is -0.0410. The highest BCUT2D eigenvalue weighted by Gasteiger charge is 2.30. The van der Waals surface area contributed by atoms with Crippen molar-refractivity contribution in [1.29, 1.82) is 0 Å². The summed E-state index contributed by atoms with van der Waals surface area (Å²) in [7, 11) is 0. The number of carbonyl (C=O) groups is 2. The van der Waals surface area contributed by atoms with Crippen molar-refractivity contribution in [3.63, 3.8) is 0 Å². The number of aromatic nitrogens is 2. The Bertz CT molecular complexity index is 697. The first kappa shape index (κ1) is 15.9. The number of imidazole rings is 1. The van der Waals surface area contributed by atoms with Crippen LogP contribution in [0.4, 0.5) is 0 Å². The van der Waals surface area contributed by atoms with Gasteiger partial charge in [0.15, 0.2) is 0 Å². The number of hydrogen-bond acceptors (Lipinski definition) is 4. The van der Waals surface area contributed by atoms with Crippen LogP contribution >= 0.6 is 11.8 Å². The molecule has 1 aromatic carbocycles. The lowest BCUT2D eigenvalue weighted by Gasteiger charge is -2.16. The molecule has 2 aromatic rings. The summed E-state index contributed by atoms with van der Waals surface area (Å²) in [5.41, 5.74) is 1.91. The summed E-state index contributed by atoms with van der Waals surface area (Å²) in [6.45, 7) is 2.88. The number of likely N-dealkylation sites (tertiary alicyclic amines) is 1. The molecule has 1 saturated heterocycles. The topological polar surface area (TPSA) is 86.3 Å². The van der Waals surface area contributed by atoms with Gasteiger partial charge in [0.1, 0.15) is 5.82 Å². The first-order valence-electron chi connectivity index (χ1n) is 7.61. The van der Waals surface area contributed by atoms with Crippen LogP contribution < -0.4 is 0 Å². The van der Waals surface area contributed by atoms with Crippen molar-refractivity contribution in [1.82, 2.24) is 14.9 Å². The van der Waals surface area contributed by atoms with E-state index in [0.717, 1.165) is 16.9 Å². The molecule has 1 aliphatic heterocycles. The highest BCUT2D eigenvalue weighted by Crippen LogP contribution is 2.28. The molecular weight excluding hydrogens is 314 g/mol. The summed E-state index contributed by atoms with van der Waals surface area (Å²) >= 11 is 1.52. The minimum absolute atomic E-state index is 0.00158. The van der Waals surface area contributed by atoms with Crippen molar-refractivity contribution >= 4 is 34.7 Å². The van der Waals surface area contributed by atoms with Crippen molar-refractivity contribution < 1.29 is 14.7 Å². The van der Waals surface area contributed by atoms with Gasteiger partial charge in [-0.05, 0) is 25.5 Å². The van der Waals surface area contributed by atoms with Gasteiger partial charge in [-0.2, -0.15) is 0 Å². The average molecular weight is 333 g/mol. The lowest BCUT2D eigenvalue weighted by molar-refractivity contribution is -0.141. The monoisotopic (exact) mass is 333 g/mol. The summed E-state index contributed by atoms with van der Waals surface area (Å²) < 4.78 is 0. The van der Waals surface area contributed by atoms with Crippen LogP contribution in [-0.2, 0) is 9.59 Å². The van der Waals surface area contributed by atoms with Crippen LogP contribution in [0.25, 0.3) is 11.0 Å². The van der Waals surface area contributed by atoms with E-state index in [9.17, 15) is 9.59 Å². The largest absolute Gasteiger partial charge is 0.481 e. The van der Waals surface area contributed by atoms with E-state index >= 15 is 0 Å². The third-order valence-electron chi connectivity index (χ3n) is 4.14. The van der Waals surface area contributed by atoms with Gasteiger partial charge in [-0.3, -0.25) is 9.59 Å². The minimum atomic E-state index is -0.816. The van der Waals surface area contributed by atoms with Crippen LogP contribution in [0, 0.1) is 5.92 Å². The maximum Gasteiger partial charge on any atom is 0.308 e. The highest BCUT2D eigenvalue weighted by atomic mass is 32.2. The third kappa shape index (κ3) is 3.50. The second kappa shape index (κ2) is 6.62. The second-order valence-electron chi connectivity index (χ2n) is 5.76. The van der Waals surface area contributed by atoms with E-state index in [1.807, 2.05) is 31.2 Å². The number of aliphatic carboxylic acids is 1. The molecule has 122 valence electrons. The predicted octanol–water partition coefficient (Wildman–Crippen LogP) is 2.29. The van der Waals surface area contributed by atoms with E-state index in [1.165, 1.54) is 11.8 Å². The standard InChI is InChI=1S/C16H19N3O3S/c1-10(15-17-12-4-2-3-5-13(12)18-15)23-9-14(20)19-7-6-11(8-19)16(21)22/h2-5,10-11H,6-9H2,1H3,(H,17,18)(H,21,22). The van der Waals surface area contributed by atoms with E-state index < -0.39 is 11.9 Å². The Morgan fingerprint density at radius 1 is 1.48 bits per heavy atom. The van der Waals surface area contributed by atoms with Crippen molar-refractivity contribution in [3.8, 4) is 0 Å². The molecule has 1 fully saturated rings. The first-order valence-corrected chi connectivity index (χ1v) is 8.66. The van der Waals surface area contributed by atoms with Crippen LogP contribution in [0.1, 0.15) is 24.4 Å². The average Bonchev–Trinajstić information content (AvgIpc) is 3.18. The quantitative estimate of drug-likeness (QED) is 0.877. The second-order valence-corrected chi connectivity index (χ2v) is 7.09. The fraction of sp³-hybridized carbons (Fsp3) is 0.438. The van der Waals surface area contributed by atoms with Gasteiger partial charge < -0.3 is 15.0 Å². The Labute approximate surface area is 138 Å². The summed E-state index contributed by atoms with van der Waals surface area (Å²) in [6.07, 6.45) is 0.546. The number of H-pyrrole nitrogens is 1. The molecule has 2 heterocycles. The van der Waals surface area contributed by atoms with Crippen LogP contribution in [0.15, 0.2) is 24.3 Å². The smallest absolute Gasteiger partial charge is 0.308 e. The molecule has 1 aromatic heterocycles. The van der Waals surface area contributed by atoms with Crippen LogP contribution in [0.2, 0.25) is 0 Å². The van der Waals surface area contributed by atoms with Gasteiger partial charge in [-0.15, -0.1) is 11.8 Å². The molecular formula is C16H19N3O3S. The number of para-hydroxylation sites is 2. The third-order valence-corrected chi connectivity index (χ3v) is 5.28. The van der Waals surface area contributed by atoms with Gasteiger partial charge in [-0.25, -0.2) is 4.98 Å². The van der Waals surface area contributed by atoms with Gasteiger partial charge in [0.25, 0.3) is 0 Å². The van der Waals surface area contributed by atoms with E-state index in [0.29, 0.717) is 25.3 Å². The zero-order chi connectivity index (χ0) is 16.4. The number of fused-ring (bicyclic) bond motifs is 1. The van der Waals surface area contributed by atoms with Crippen LogP contribution in [-0.4, -0.2) is 50.7 Å². The number of amides is 1. The molecule has 23 heavy (non-hydrogen) atoms. The molecule has 2 atom stereocenters. The lowest BCUT2D eigenvalue weighted by atomic mass is 10.1. The summed E-state index contributed by atoms with van der Waals surface area (Å²) in [4.78, 5) is 32.6. The van der Waals surface area contributed by atoms with Gasteiger partial charge in [0, 0.05) is 13.1 Å². The zero-order valence-corrected chi connectivity index (χ0v) is 13.7. The Hall–Kier alpha value is -2.02. The number of benzene rings is 1. The number of carbonyl (C=O) groups excluding carboxylic acids is 1. The number of nitrogens with zero attached hydrogens (tertiary/aromatic N) is 2. The molecule has 0 saturated carbocycles. The number of rotatable bonds is 5. The number of carboxylic acid groups (broad SMARTS) is 1. The number of aromatic amines is 1. The van der Waals surface area contributed by atoms with Crippen LogP contribution in [0.3, 0.4) is 0 Å². The Morgan fingerprint density at radius 2 is 2.26 bits per heavy atom. The van der Waals surface area contributed by atoms with E-state index in [1.54, 1.807) is 4.90 Å². The molecule has 1 amide bonds. The molecule has 0 spiro atoms. The maximum absolute atomic E-state index is 12.2. The normalized spacial score (nSPS) is 19.2. The molecule has 2 N–H and O–H groups in total. The van der Waals surface area contributed by atoms with E-state index in [2.05, 4.69) is 9.97 Å². The van der Waals surface area contributed by atoms with Crippen molar-refractivity contribution in [3.05, 3.63) is 30.1 Å². The summed E-state index contributed by atoms with van der Waals surface area (Å²) in [5, 5.41) is 9.07. The SMILES string of the molecule is CC(SCC(=O)N1CCC(C(=O)O)C1)c1nc2ccccc2[nH]1. The number of thioether (sulfide) groups is 1. The predicted molar refractivity (Wildman–Crippen MR) is 89.3 cm³/mol. The van der Waals surface area contributed by atoms with E-state index in [-0.39, 0.29) is 11.2 Å². The number of nitrogens with one attached hydrogen (secondary N) is 1. The minimum Gasteiger partial charge on any atom is -0.481 e. The molecule has 0 bridgehead atoms. The lowest BCUT2D eigenvalue weighted by Crippen LogP contribution is -2.31. The van der Waals surface area contributed by atoms with Crippen molar-refractivity contribution in [2.75, 3.05) is 18.8 Å². The molecule has 0 aliphatic carbocycles. The highest BCUT2D eigenvalue weighted by molar-refractivity contribution is 8.00. The van der Waals surface area contributed by atoms with Crippen LogP contribution in [0.5, 0.6) is 0 Å². The Kier molecular flexibility index (Phi) is 4.56. The fourth-order valence-electron chi connectivity index (χ4n) is 2.72. The molecule has 6 nitrogen and oxygen atoms in total. The zero-order valence-electron chi connectivity index (χ0n) is 12.9.